The van der Waals surface area contributed by atoms with Gasteiger partial charge in [0.2, 0.25) is 5.82 Å². The van der Waals surface area contributed by atoms with Crippen LogP contribution in [0.4, 0.5) is 22.1 Å². The fourth-order valence-corrected chi connectivity index (χ4v) is 2.14. The summed E-state index contributed by atoms with van der Waals surface area (Å²) in [5, 5.41) is 7.67. The van der Waals surface area contributed by atoms with Gasteiger partial charge in [0.1, 0.15) is 12.3 Å². The number of amides is 1. The molecule has 0 radical (unpaired) electrons. The van der Waals surface area contributed by atoms with E-state index >= 15 is 0 Å². The zero-order valence-electron chi connectivity index (χ0n) is 14.5. The molecule has 0 fully saturated rings. The third kappa shape index (κ3) is 6.13. The summed E-state index contributed by atoms with van der Waals surface area (Å²) < 4.78 is 10.0. The summed E-state index contributed by atoms with van der Waals surface area (Å²) in [6.45, 7) is 2.83. The van der Waals surface area contributed by atoms with E-state index in [0.29, 0.717) is 18.1 Å². The number of halogens is 1. The lowest BCUT2D eigenvalue weighted by Crippen LogP contribution is -3.00. The molecule has 0 bridgehead atoms. The first kappa shape index (κ1) is 20.5. The topological polar surface area (TPSA) is 89.1 Å². The second-order valence-electron chi connectivity index (χ2n) is 4.98. The van der Waals surface area contributed by atoms with Crippen molar-refractivity contribution in [1.29, 1.82) is 0 Å². The van der Waals surface area contributed by atoms with E-state index in [4.69, 9.17) is 9.47 Å². The highest BCUT2D eigenvalue weighted by Crippen LogP contribution is 2.20. The Labute approximate surface area is 153 Å². The molecule has 0 saturated heterocycles. The second kappa shape index (κ2) is 10.4. The van der Waals surface area contributed by atoms with Crippen LogP contribution >= 0.6 is 0 Å². The first-order valence-electron chi connectivity index (χ1n) is 7.75. The number of benzene rings is 1. The molecule has 0 aliphatic rings. The van der Waals surface area contributed by atoms with E-state index in [1.807, 2.05) is 35.6 Å². The Morgan fingerprint density at radius 2 is 1.92 bits per heavy atom. The maximum Gasteiger partial charge on any atom is 0.411 e. The van der Waals surface area contributed by atoms with Crippen LogP contribution in [0.1, 0.15) is 12.5 Å². The molecule has 0 aliphatic heterocycles. The zero-order valence-corrected chi connectivity index (χ0v) is 15.3. The molecule has 1 aromatic heterocycles. The number of nitrogens with two attached hydrogens (primary N) is 1. The Bertz CT molecular complexity index is 680. The van der Waals surface area contributed by atoms with Crippen LogP contribution in [0, 0.1) is 0 Å². The number of nitrogens with zero attached hydrogens (tertiary/aromatic N) is 1. The first-order chi connectivity index (χ1) is 11.7. The van der Waals surface area contributed by atoms with Crippen LogP contribution in [-0.2, 0) is 11.3 Å². The van der Waals surface area contributed by atoms with Gasteiger partial charge >= 0.3 is 6.09 Å². The Kier molecular flexibility index (Phi) is 8.52. The lowest BCUT2D eigenvalue weighted by Gasteiger charge is -2.10. The molecule has 8 heteroatoms. The molecule has 1 heterocycles. The van der Waals surface area contributed by atoms with Crippen molar-refractivity contribution < 1.29 is 32.0 Å². The van der Waals surface area contributed by atoms with Crippen molar-refractivity contribution in [3.63, 3.8) is 0 Å². The van der Waals surface area contributed by atoms with Gasteiger partial charge in [-0.2, -0.15) is 4.98 Å². The molecule has 0 aliphatic carbocycles. The number of hydrogen-bond acceptors (Lipinski definition) is 5. The largest absolute Gasteiger partial charge is 1.00 e. The van der Waals surface area contributed by atoms with Gasteiger partial charge < -0.3 is 27.2 Å². The molecule has 0 spiro atoms. The van der Waals surface area contributed by atoms with Crippen LogP contribution in [0.5, 0.6) is 5.75 Å². The number of quaternary nitrogens is 1. The minimum atomic E-state index is -0.495. The van der Waals surface area contributed by atoms with Crippen molar-refractivity contribution in [2.75, 3.05) is 31.4 Å². The van der Waals surface area contributed by atoms with Gasteiger partial charge in [-0.1, -0.05) is 0 Å². The highest BCUT2D eigenvalue weighted by atomic mass is 35.5. The van der Waals surface area contributed by atoms with Crippen molar-refractivity contribution >= 4 is 23.4 Å². The predicted octanol–water partition coefficient (Wildman–Crippen LogP) is -0.901. The monoisotopic (exact) mass is 366 g/mol. The molecular formula is C17H23ClN4O3. The van der Waals surface area contributed by atoms with E-state index in [2.05, 4.69) is 15.6 Å². The predicted molar refractivity (Wildman–Crippen MR) is 92.7 cm³/mol. The Morgan fingerprint density at radius 3 is 2.52 bits per heavy atom. The van der Waals surface area contributed by atoms with E-state index in [-0.39, 0.29) is 12.4 Å². The third-order valence-electron chi connectivity index (χ3n) is 3.37. The van der Waals surface area contributed by atoms with Crippen molar-refractivity contribution in [2.45, 2.75) is 13.5 Å². The molecule has 7 nitrogen and oxygen atoms in total. The smallest absolute Gasteiger partial charge is 0.411 e. The van der Waals surface area contributed by atoms with Gasteiger partial charge in [0, 0.05) is 18.7 Å². The van der Waals surface area contributed by atoms with Crippen molar-refractivity contribution in [2.24, 2.45) is 0 Å². The van der Waals surface area contributed by atoms with Gasteiger partial charge in [-0.3, -0.25) is 10.6 Å². The fraction of sp³-hybridized carbons (Fsp3) is 0.294. The molecule has 1 amide bonds. The first-order valence-corrected chi connectivity index (χ1v) is 7.75. The van der Waals surface area contributed by atoms with Crippen LogP contribution in [-0.4, -0.2) is 31.8 Å². The van der Waals surface area contributed by atoms with Gasteiger partial charge in [0.25, 0.3) is 0 Å². The number of carbonyl (C=O) groups is 1. The number of carbonyl (C=O) groups excluding carboxylic acids is 1. The number of rotatable bonds is 7. The van der Waals surface area contributed by atoms with E-state index in [1.54, 1.807) is 27.1 Å². The fourth-order valence-electron chi connectivity index (χ4n) is 2.14. The minimum Gasteiger partial charge on any atom is -1.00 e. The molecular weight excluding hydrogens is 344 g/mol. The van der Waals surface area contributed by atoms with Crippen molar-refractivity contribution in [3.05, 3.63) is 42.0 Å². The summed E-state index contributed by atoms with van der Waals surface area (Å²) in [6, 6.07) is 11.6. The van der Waals surface area contributed by atoms with Gasteiger partial charge in [-0.25, -0.2) is 4.79 Å². The summed E-state index contributed by atoms with van der Waals surface area (Å²) in [5.74, 6) is 2.25. The molecule has 25 heavy (non-hydrogen) atoms. The lowest BCUT2D eigenvalue weighted by atomic mass is 10.2. The van der Waals surface area contributed by atoms with Crippen LogP contribution in [0.25, 0.3) is 0 Å². The van der Waals surface area contributed by atoms with Gasteiger partial charge in [-0.05, 0) is 37.3 Å². The van der Waals surface area contributed by atoms with Gasteiger partial charge in [0.15, 0.2) is 5.82 Å². The molecule has 4 N–H and O–H groups in total. The molecule has 0 unspecified atom stereocenters. The maximum atomic E-state index is 11.5. The SMILES string of the molecule is CCOC(=O)Nc1ccc([NH2+]Cc2ccc(OC)cc2)nc1NC.[Cl-]. The molecule has 2 rings (SSSR count). The summed E-state index contributed by atoms with van der Waals surface area (Å²) in [7, 11) is 3.40. The van der Waals surface area contributed by atoms with E-state index < -0.39 is 6.09 Å². The van der Waals surface area contributed by atoms with Crippen LogP contribution in [0.2, 0.25) is 0 Å². The molecule has 0 saturated carbocycles. The number of ether oxygens (including phenoxy) is 2. The molecule has 136 valence electrons. The minimum absolute atomic E-state index is 0. The summed E-state index contributed by atoms with van der Waals surface area (Å²) >= 11 is 0. The van der Waals surface area contributed by atoms with Crippen LogP contribution < -0.4 is 33.1 Å². The normalized spacial score (nSPS) is 9.72. The highest BCUT2D eigenvalue weighted by molar-refractivity contribution is 5.88. The summed E-state index contributed by atoms with van der Waals surface area (Å²) in [4.78, 5) is 16.0. The molecule has 0 atom stereocenters. The Balaban J connectivity index is 0.00000312. The molecule has 1 aromatic carbocycles. The summed E-state index contributed by atoms with van der Waals surface area (Å²) in [5.41, 5.74) is 1.75. The average molecular weight is 367 g/mol. The van der Waals surface area contributed by atoms with Crippen molar-refractivity contribution in [3.8, 4) is 5.75 Å². The molecule has 2 aromatic rings. The van der Waals surface area contributed by atoms with E-state index in [0.717, 1.165) is 23.7 Å². The Hall–Kier alpha value is -2.51. The Morgan fingerprint density at radius 1 is 1.20 bits per heavy atom. The number of methoxy groups -OCH3 is 1. The van der Waals surface area contributed by atoms with E-state index in [9.17, 15) is 4.79 Å². The number of nitrogens with one attached hydrogen (secondary N) is 2. The van der Waals surface area contributed by atoms with Gasteiger partial charge in [-0.15, -0.1) is 0 Å². The maximum absolute atomic E-state index is 11.5. The number of anilines is 2. The van der Waals surface area contributed by atoms with Crippen LogP contribution in [0.3, 0.4) is 0 Å². The van der Waals surface area contributed by atoms with Crippen molar-refractivity contribution in [1.82, 2.24) is 4.98 Å². The zero-order chi connectivity index (χ0) is 17.4. The quantitative estimate of drug-likeness (QED) is 0.591. The number of hydrogen-bond donors (Lipinski definition) is 3. The second-order valence-corrected chi connectivity index (χ2v) is 4.98. The van der Waals surface area contributed by atoms with Crippen LogP contribution in [0.15, 0.2) is 36.4 Å². The number of aromatic nitrogens is 1. The summed E-state index contributed by atoms with van der Waals surface area (Å²) in [6.07, 6.45) is -0.495. The average Bonchev–Trinajstić information content (AvgIpc) is 2.61. The standard InChI is InChI=1S/C17H22N4O3.ClH/c1-4-24-17(22)20-14-9-10-15(21-16(14)18-2)19-11-12-5-7-13(23-3)8-6-12;/h5-10H,4,11H2,1-3H3,(H,20,22)(H2,18,19,21);1H. The number of pyridine rings is 1. The van der Waals surface area contributed by atoms with Gasteiger partial charge in [0.05, 0.1) is 19.4 Å². The van der Waals surface area contributed by atoms with E-state index in [1.165, 1.54) is 0 Å². The third-order valence-corrected chi connectivity index (χ3v) is 3.37. The lowest BCUT2D eigenvalue weighted by molar-refractivity contribution is -0.592. The highest BCUT2D eigenvalue weighted by Gasteiger charge is 2.10.